The van der Waals surface area contributed by atoms with Crippen LogP contribution in [0.1, 0.15) is 43.2 Å². The molecule has 0 amide bonds. The minimum absolute atomic E-state index is 0.745. The summed E-state index contributed by atoms with van der Waals surface area (Å²) in [5.41, 5.74) is 2.05. The van der Waals surface area contributed by atoms with E-state index < -0.39 is 0 Å². The van der Waals surface area contributed by atoms with E-state index in [1.165, 1.54) is 37.7 Å². The minimum atomic E-state index is 0.745. The predicted molar refractivity (Wildman–Crippen MR) is 72.1 cm³/mol. The molecule has 17 heavy (non-hydrogen) atoms. The van der Waals surface area contributed by atoms with E-state index in [0.717, 1.165) is 18.2 Å². The minimum Gasteiger partial charge on any atom is -0.342 e. The second-order valence-corrected chi connectivity index (χ2v) is 5.02. The second kappa shape index (κ2) is 5.88. The van der Waals surface area contributed by atoms with Crippen LogP contribution in [-0.4, -0.2) is 18.8 Å². The highest BCUT2D eigenvalue weighted by Gasteiger charge is 2.17. The highest BCUT2D eigenvalue weighted by Crippen LogP contribution is 2.22. The molecule has 0 aliphatic heterocycles. The van der Waals surface area contributed by atoms with Crippen LogP contribution in [0, 0.1) is 11.3 Å². The molecule has 1 aliphatic carbocycles. The van der Waals surface area contributed by atoms with Gasteiger partial charge in [0.25, 0.3) is 0 Å². The Bertz CT molecular complexity index is 388. The van der Waals surface area contributed by atoms with E-state index in [1.54, 1.807) is 0 Å². The van der Waals surface area contributed by atoms with Crippen LogP contribution < -0.4 is 0 Å². The van der Waals surface area contributed by atoms with Gasteiger partial charge >= 0.3 is 0 Å². The fourth-order valence-corrected chi connectivity index (χ4v) is 2.62. The molecule has 2 nitrogen and oxygen atoms in total. The third-order valence-electron chi connectivity index (χ3n) is 3.71. The number of hydrogen-bond acceptors (Lipinski definition) is 2. The quantitative estimate of drug-likeness (QED) is 0.739. The first kappa shape index (κ1) is 12.2. The Kier molecular flexibility index (Phi) is 4.22. The number of benzene rings is 1. The molecular weight excluding hydrogens is 207 g/mol. The molecule has 1 fully saturated rings. The molecule has 0 unspecified atom stereocenters. The van der Waals surface area contributed by atoms with Crippen LogP contribution >= 0.6 is 0 Å². The van der Waals surface area contributed by atoms with Crippen LogP contribution in [0.2, 0.25) is 0 Å². The first-order chi connectivity index (χ1) is 8.29. The zero-order valence-electron chi connectivity index (χ0n) is 10.5. The van der Waals surface area contributed by atoms with Gasteiger partial charge in [0.15, 0.2) is 7.98 Å². The maximum absolute atomic E-state index is 8.75. The lowest BCUT2D eigenvalue weighted by Gasteiger charge is -2.31. The van der Waals surface area contributed by atoms with Gasteiger partial charge in [0.1, 0.15) is 0 Å². The van der Waals surface area contributed by atoms with E-state index in [9.17, 15) is 0 Å². The standard InChI is InChI=1S/C14H19BN2/c15-17(14-4-2-1-3-5-14)11-13-8-6-12(10-16)7-9-13/h6-9,14H,1-5,11,15H2. The Balaban J connectivity index is 1.92. The third kappa shape index (κ3) is 3.34. The molecule has 0 atom stereocenters. The predicted octanol–water partition coefficient (Wildman–Crippen LogP) is 2.24. The van der Waals surface area contributed by atoms with Gasteiger partial charge < -0.3 is 4.81 Å². The van der Waals surface area contributed by atoms with Gasteiger partial charge in [-0.2, -0.15) is 5.26 Å². The van der Waals surface area contributed by atoms with Crippen molar-refractivity contribution in [1.29, 1.82) is 5.26 Å². The normalized spacial score (nSPS) is 16.9. The Labute approximate surface area is 105 Å². The lowest BCUT2D eigenvalue weighted by atomic mass is 9.92. The average molecular weight is 226 g/mol. The summed E-state index contributed by atoms with van der Waals surface area (Å²) < 4.78 is 0. The number of rotatable bonds is 3. The largest absolute Gasteiger partial charge is 0.342 e. The van der Waals surface area contributed by atoms with Crippen molar-refractivity contribution in [3.8, 4) is 6.07 Å². The van der Waals surface area contributed by atoms with Crippen molar-refractivity contribution in [2.45, 2.75) is 44.7 Å². The van der Waals surface area contributed by atoms with Crippen molar-refractivity contribution in [1.82, 2.24) is 4.81 Å². The van der Waals surface area contributed by atoms with Gasteiger partial charge in [-0.25, -0.2) is 0 Å². The van der Waals surface area contributed by atoms with Gasteiger partial charge in [-0.3, -0.25) is 0 Å². The van der Waals surface area contributed by atoms with Crippen molar-refractivity contribution < 1.29 is 0 Å². The van der Waals surface area contributed by atoms with Crippen molar-refractivity contribution in [3.63, 3.8) is 0 Å². The lowest BCUT2D eigenvalue weighted by Crippen LogP contribution is -2.34. The summed E-state index contributed by atoms with van der Waals surface area (Å²) in [4.78, 5) is 2.46. The van der Waals surface area contributed by atoms with Crippen LogP contribution in [0.15, 0.2) is 24.3 Å². The highest BCUT2D eigenvalue weighted by atomic mass is 15.1. The topological polar surface area (TPSA) is 27.0 Å². The Hall–Kier alpha value is -1.27. The molecule has 0 N–H and O–H groups in total. The lowest BCUT2D eigenvalue weighted by molar-refractivity contribution is 0.257. The van der Waals surface area contributed by atoms with Crippen molar-refractivity contribution in [2.24, 2.45) is 0 Å². The molecule has 0 radical (unpaired) electrons. The second-order valence-electron chi connectivity index (χ2n) is 5.02. The van der Waals surface area contributed by atoms with Crippen LogP contribution in [0.5, 0.6) is 0 Å². The third-order valence-corrected chi connectivity index (χ3v) is 3.71. The van der Waals surface area contributed by atoms with Gasteiger partial charge in [-0.05, 0) is 36.6 Å². The molecule has 1 saturated carbocycles. The van der Waals surface area contributed by atoms with Crippen LogP contribution in [0.25, 0.3) is 0 Å². The van der Waals surface area contributed by atoms with Crippen LogP contribution in [0.4, 0.5) is 0 Å². The molecule has 0 spiro atoms. The fraction of sp³-hybridized carbons (Fsp3) is 0.500. The van der Waals surface area contributed by atoms with Gasteiger partial charge in [0.2, 0.25) is 0 Å². The van der Waals surface area contributed by atoms with Crippen molar-refractivity contribution in [2.75, 3.05) is 0 Å². The number of nitrogens with zero attached hydrogens (tertiary/aromatic N) is 2. The van der Waals surface area contributed by atoms with E-state index >= 15 is 0 Å². The Morgan fingerprint density at radius 2 is 1.82 bits per heavy atom. The molecule has 3 heteroatoms. The summed E-state index contributed by atoms with van der Waals surface area (Å²) in [5.74, 6) is 0. The zero-order valence-corrected chi connectivity index (χ0v) is 10.5. The van der Waals surface area contributed by atoms with E-state index in [-0.39, 0.29) is 0 Å². The first-order valence-electron chi connectivity index (χ1n) is 6.49. The SMILES string of the molecule is BN(Cc1ccc(C#N)cc1)C1CCCCC1. The van der Waals surface area contributed by atoms with Gasteiger partial charge in [0, 0.05) is 6.54 Å². The van der Waals surface area contributed by atoms with Crippen molar-refractivity contribution in [3.05, 3.63) is 35.4 Å². The molecule has 1 aliphatic rings. The summed E-state index contributed by atoms with van der Waals surface area (Å²) in [6.07, 6.45) is 6.84. The molecular formula is C14H19BN2. The molecule has 0 aromatic heterocycles. The number of hydrogen-bond donors (Lipinski definition) is 0. The molecule has 0 bridgehead atoms. The summed E-state index contributed by atoms with van der Waals surface area (Å²) in [5, 5.41) is 8.75. The fourth-order valence-electron chi connectivity index (χ4n) is 2.62. The summed E-state index contributed by atoms with van der Waals surface area (Å²) in [7, 11) is 2.22. The maximum atomic E-state index is 8.75. The van der Waals surface area contributed by atoms with E-state index in [2.05, 4.69) is 31.0 Å². The molecule has 1 aromatic rings. The molecule has 2 rings (SSSR count). The zero-order chi connectivity index (χ0) is 12.1. The monoisotopic (exact) mass is 226 g/mol. The van der Waals surface area contributed by atoms with Gasteiger partial charge in [-0.15, -0.1) is 0 Å². The first-order valence-corrected chi connectivity index (χ1v) is 6.49. The van der Waals surface area contributed by atoms with Crippen LogP contribution in [0.3, 0.4) is 0 Å². The summed E-state index contributed by atoms with van der Waals surface area (Å²) >= 11 is 0. The van der Waals surface area contributed by atoms with E-state index in [1.807, 2.05) is 12.1 Å². The maximum Gasteiger partial charge on any atom is 0.186 e. The Morgan fingerprint density at radius 3 is 2.41 bits per heavy atom. The summed E-state index contributed by atoms with van der Waals surface area (Å²) in [6, 6.07) is 10.9. The molecule has 1 aromatic carbocycles. The molecule has 88 valence electrons. The molecule has 0 heterocycles. The van der Waals surface area contributed by atoms with Crippen molar-refractivity contribution >= 4 is 7.98 Å². The average Bonchev–Trinajstić information content (AvgIpc) is 2.40. The summed E-state index contributed by atoms with van der Waals surface area (Å²) in [6.45, 7) is 0.996. The van der Waals surface area contributed by atoms with E-state index in [4.69, 9.17) is 5.26 Å². The van der Waals surface area contributed by atoms with Gasteiger partial charge in [0.05, 0.1) is 11.6 Å². The number of nitriles is 1. The van der Waals surface area contributed by atoms with Gasteiger partial charge in [-0.1, -0.05) is 31.4 Å². The molecule has 0 saturated heterocycles. The Morgan fingerprint density at radius 1 is 1.18 bits per heavy atom. The highest BCUT2D eigenvalue weighted by molar-refractivity contribution is 6.04. The van der Waals surface area contributed by atoms with Crippen LogP contribution in [-0.2, 0) is 6.54 Å². The van der Waals surface area contributed by atoms with E-state index in [0.29, 0.717) is 0 Å². The smallest absolute Gasteiger partial charge is 0.186 e.